The van der Waals surface area contributed by atoms with Crippen LogP contribution in [0.25, 0.3) is 0 Å². The van der Waals surface area contributed by atoms with Crippen LogP contribution in [0, 0.1) is 9.39 Å². The van der Waals surface area contributed by atoms with Crippen LogP contribution in [0.2, 0.25) is 5.02 Å². The van der Waals surface area contributed by atoms with E-state index in [1.807, 2.05) is 24.3 Å². The Hall–Kier alpha value is -0.690. The second kappa shape index (κ2) is 6.65. The van der Waals surface area contributed by atoms with Gasteiger partial charge in [-0.3, -0.25) is 11.3 Å². The first-order chi connectivity index (χ1) is 9.10. The van der Waals surface area contributed by atoms with Crippen molar-refractivity contribution in [3.63, 3.8) is 0 Å². The minimum atomic E-state index is -0.240. The van der Waals surface area contributed by atoms with Crippen LogP contribution < -0.4 is 11.3 Å². The Morgan fingerprint density at radius 3 is 2.47 bits per heavy atom. The van der Waals surface area contributed by atoms with Crippen LogP contribution in [0.1, 0.15) is 17.2 Å². The van der Waals surface area contributed by atoms with Crippen LogP contribution in [0.5, 0.6) is 0 Å². The highest BCUT2D eigenvalue weighted by atomic mass is 127. The van der Waals surface area contributed by atoms with Gasteiger partial charge >= 0.3 is 0 Å². The fraction of sp³-hybridized carbons (Fsp3) is 0.143. The Bertz CT molecular complexity index is 560. The highest BCUT2D eigenvalue weighted by Gasteiger charge is 2.14. The number of benzene rings is 2. The molecular formula is C14H13ClFIN2. The van der Waals surface area contributed by atoms with Gasteiger partial charge in [0, 0.05) is 8.59 Å². The molecule has 100 valence electrons. The Balaban J connectivity index is 2.22. The highest BCUT2D eigenvalue weighted by Crippen LogP contribution is 2.24. The summed E-state index contributed by atoms with van der Waals surface area (Å²) in [4.78, 5) is 0. The van der Waals surface area contributed by atoms with Crippen molar-refractivity contribution in [3.05, 3.63) is 68.0 Å². The maximum Gasteiger partial charge on any atom is 0.124 e. The fourth-order valence-electron chi connectivity index (χ4n) is 1.90. The van der Waals surface area contributed by atoms with Crippen molar-refractivity contribution < 1.29 is 4.39 Å². The van der Waals surface area contributed by atoms with Crippen LogP contribution in [0.4, 0.5) is 4.39 Å². The molecular weight excluding hydrogens is 378 g/mol. The van der Waals surface area contributed by atoms with E-state index >= 15 is 0 Å². The van der Waals surface area contributed by atoms with Crippen LogP contribution in [0.3, 0.4) is 0 Å². The summed E-state index contributed by atoms with van der Waals surface area (Å²) >= 11 is 7.97. The lowest BCUT2D eigenvalue weighted by molar-refractivity contribution is 0.546. The minimum absolute atomic E-state index is 0.0614. The lowest BCUT2D eigenvalue weighted by Crippen LogP contribution is -2.30. The third-order valence-electron chi connectivity index (χ3n) is 2.89. The molecule has 0 aromatic heterocycles. The summed E-state index contributed by atoms with van der Waals surface area (Å²) in [5.41, 5.74) is 4.89. The van der Waals surface area contributed by atoms with Gasteiger partial charge in [-0.1, -0.05) is 29.8 Å². The quantitative estimate of drug-likeness (QED) is 0.473. The lowest BCUT2D eigenvalue weighted by Gasteiger charge is -2.18. The topological polar surface area (TPSA) is 38.0 Å². The molecule has 2 nitrogen and oxygen atoms in total. The van der Waals surface area contributed by atoms with Gasteiger partial charge in [0.05, 0.1) is 6.04 Å². The number of hydrogen-bond donors (Lipinski definition) is 2. The van der Waals surface area contributed by atoms with Gasteiger partial charge in [-0.05, 0) is 64.4 Å². The molecule has 0 aliphatic rings. The third kappa shape index (κ3) is 3.89. The van der Waals surface area contributed by atoms with E-state index in [9.17, 15) is 4.39 Å². The number of nitrogens with one attached hydrogen (secondary N) is 1. The Kier molecular flexibility index (Phi) is 5.15. The number of nitrogens with two attached hydrogens (primary N) is 1. The van der Waals surface area contributed by atoms with E-state index in [1.165, 1.54) is 12.1 Å². The van der Waals surface area contributed by atoms with E-state index < -0.39 is 0 Å². The standard InChI is InChI=1S/C14H13ClFIN2/c15-10-3-1-9(2-4-10)7-14(19-18)12-6-5-11(16)8-13(12)17/h1-6,8,14,19H,7,18H2. The van der Waals surface area contributed by atoms with Gasteiger partial charge in [-0.15, -0.1) is 0 Å². The molecule has 0 amide bonds. The van der Waals surface area contributed by atoms with Crippen molar-refractivity contribution in [1.29, 1.82) is 0 Å². The van der Waals surface area contributed by atoms with Crippen molar-refractivity contribution in [2.75, 3.05) is 0 Å². The predicted octanol–water partition coefficient (Wildman–Crippen LogP) is 3.83. The first-order valence-corrected chi connectivity index (χ1v) is 7.21. The van der Waals surface area contributed by atoms with Gasteiger partial charge in [0.15, 0.2) is 0 Å². The largest absolute Gasteiger partial charge is 0.271 e. The third-order valence-corrected chi connectivity index (χ3v) is 4.08. The minimum Gasteiger partial charge on any atom is -0.271 e. The van der Waals surface area contributed by atoms with Crippen LogP contribution >= 0.6 is 34.2 Å². The van der Waals surface area contributed by atoms with E-state index in [4.69, 9.17) is 17.4 Å². The summed E-state index contributed by atoms with van der Waals surface area (Å²) in [5, 5.41) is 0.706. The second-order valence-corrected chi connectivity index (χ2v) is 5.81. The summed E-state index contributed by atoms with van der Waals surface area (Å²) in [7, 11) is 0. The number of hydrazine groups is 1. The Labute approximate surface area is 130 Å². The van der Waals surface area contributed by atoms with Gasteiger partial charge < -0.3 is 0 Å². The molecule has 0 aliphatic carbocycles. The molecule has 0 saturated heterocycles. The molecule has 0 radical (unpaired) electrons. The molecule has 0 aliphatic heterocycles. The SMILES string of the molecule is NNC(Cc1ccc(Cl)cc1)c1ccc(F)cc1I. The molecule has 0 bridgehead atoms. The average molecular weight is 391 g/mol. The van der Waals surface area contributed by atoms with Crippen LogP contribution in [-0.4, -0.2) is 0 Å². The molecule has 1 atom stereocenters. The molecule has 2 aromatic rings. The van der Waals surface area contributed by atoms with E-state index in [0.717, 1.165) is 21.1 Å². The summed E-state index contributed by atoms with van der Waals surface area (Å²) in [6.45, 7) is 0. The van der Waals surface area contributed by atoms with Crippen molar-refractivity contribution in [2.45, 2.75) is 12.5 Å². The molecule has 3 N–H and O–H groups in total. The van der Waals surface area contributed by atoms with Gasteiger partial charge in [-0.2, -0.15) is 0 Å². The second-order valence-electron chi connectivity index (χ2n) is 4.22. The molecule has 5 heteroatoms. The smallest absolute Gasteiger partial charge is 0.124 e. The van der Waals surface area contributed by atoms with E-state index in [-0.39, 0.29) is 11.9 Å². The number of rotatable bonds is 4. The molecule has 2 aromatic carbocycles. The highest BCUT2D eigenvalue weighted by molar-refractivity contribution is 14.1. The molecule has 2 rings (SSSR count). The van der Waals surface area contributed by atoms with E-state index in [0.29, 0.717) is 5.02 Å². The summed E-state index contributed by atoms with van der Waals surface area (Å²) < 4.78 is 14.0. The number of halogens is 3. The van der Waals surface area contributed by atoms with Gasteiger partial charge in [0.2, 0.25) is 0 Å². The normalized spacial score (nSPS) is 12.4. The molecule has 1 unspecified atom stereocenters. The van der Waals surface area contributed by atoms with Gasteiger partial charge in [0.25, 0.3) is 0 Å². The summed E-state index contributed by atoms with van der Waals surface area (Å²) in [6, 6.07) is 12.3. The maximum absolute atomic E-state index is 13.1. The van der Waals surface area contributed by atoms with Crippen molar-refractivity contribution in [1.82, 2.24) is 5.43 Å². The molecule has 0 heterocycles. The molecule has 19 heavy (non-hydrogen) atoms. The van der Waals surface area contributed by atoms with Crippen molar-refractivity contribution in [2.24, 2.45) is 5.84 Å². The Morgan fingerprint density at radius 2 is 1.89 bits per heavy atom. The van der Waals surface area contributed by atoms with Crippen LogP contribution in [-0.2, 0) is 6.42 Å². The fourth-order valence-corrected chi connectivity index (χ4v) is 2.88. The first kappa shape index (κ1) is 14.7. The van der Waals surface area contributed by atoms with Gasteiger partial charge in [0.1, 0.15) is 5.82 Å². The van der Waals surface area contributed by atoms with E-state index in [1.54, 1.807) is 6.07 Å². The van der Waals surface area contributed by atoms with Crippen molar-refractivity contribution >= 4 is 34.2 Å². The van der Waals surface area contributed by atoms with Gasteiger partial charge in [-0.25, -0.2) is 4.39 Å². The predicted molar refractivity (Wildman–Crippen MR) is 84.3 cm³/mol. The molecule has 0 spiro atoms. The monoisotopic (exact) mass is 390 g/mol. The van der Waals surface area contributed by atoms with E-state index in [2.05, 4.69) is 28.0 Å². The van der Waals surface area contributed by atoms with Crippen molar-refractivity contribution in [3.8, 4) is 0 Å². The molecule has 0 fully saturated rings. The zero-order chi connectivity index (χ0) is 13.8. The average Bonchev–Trinajstić information content (AvgIpc) is 2.39. The summed E-state index contributed by atoms with van der Waals surface area (Å²) in [5.74, 6) is 5.38. The lowest BCUT2D eigenvalue weighted by atomic mass is 9.99. The van der Waals surface area contributed by atoms with Crippen LogP contribution in [0.15, 0.2) is 42.5 Å². The first-order valence-electron chi connectivity index (χ1n) is 5.75. The number of hydrogen-bond acceptors (Lipinski definition) is 2. The Morgan fingerprint density at radius 1 is 1.21 bits per heavy atom. The molecule has 0 saturated carbocycles. The summed E-state index contributed by atoms with van der Waals surface area (Å²) in [6.07, 6.45) is 0.718. The zero-order valence-corrected chi connectivity index (χ0v) is 13.0. The zero-order valence-electron chi connectivity index (χ0n) is 10.0. The maximum atomic E-state index is 13.1.